The van der Waals surface area contributed by atoms with Crippen molar-refractivity contribution < 1.29 is 5.11 Å². The summed E-state index contributed by atoms with van der Waals surface area (Å²) in [5, 5.41) is 9.37. The number of hydrogen-bond acceptors (Lipinski definition) is 1. The fraction of sp³-hybridized carbons (Fsp3) is 0.500. The Labute approximate surface area is 55.7 Å². The van der Waals surface area contributed by atoms with Gasteiger partial charge in [0.05, 0.1) is 5.60 Å². The molecule has 1 nitrogen and oxygen atoms in total. The van der Waals surface area contributed by atoms with Gasteiger partial charge in [-0.25, -0.2) is 0 Å². The van der Waals surface area contributed by atoms with Crippen LogP contribution in [0.15, 0.2) is 24.3 Å². The first-order valence-electron chi connectivity index (χ1n) is 3.20. The molecule has 1 unspecified atom stereocenters. The lowest BCUT2D eigenvalue weighted by molar-refractivity contribution is 0.112. The van der Waals surface area contributed by atoms with E-state index in [1.165, 1.54) is 5.57 Å². The van der Waals surface area contributed by atoms with E-state index in [9.17, 15) is 5.11 Å². The Morgan fingerprint density at radius 2 is 2.56 bits per heavy atom. The van der Waals surface area contributed by atoms with Crippen molar-refractivity contribution >= 4 is 0 Å². The van der Waals surface area contributed by atoms with Crippen LogP contribution in [0, 0.1) is 0 Å². The number of hydrogen-bond donors (Lipinski definition) is 1. The van der Waals surface area contributed by atoms with Crippen LogP contribution in [-0.2, 0) is 0 Å². The smallest absolute Gasteiger partial charge is 0.0808 e. The van der Waals surface area contributed by atoms with Gasteiger partial charge in [0.2, 0.25) is 0 Å². The third-order valence-electron chi connectivity index (χ3n) is 1.68. The summed E-state index contributed by atoms with van der Waals surface area (Å²) in [7, 11) is 0. The summed E-state index contributed by atoms with van der Waals surface area (Å²) in [5.74, 6) is 0. The van der Waals surface area contributed by atoms with Crippen LogP contribution in [0.2, 0.25) is 0 Å². The van der Waals surface area contributed by atoms with Crippen LogP contribution in [0.5, 0.6) is 0 Å². The molecule has 0 radical (unpaired) electrons. The molecule has 1 rings (SSSR count). The molecule has 0 aliphatic heterocycles. The molecule has 0 saturated carbocycles. The minimum atomic E-state index is -0.566. The fourth-order valence-electron chi connectivity index (χ4n) is 1.10. The second-order valence-corrected chi connectivity index (χ2v) is 2.78. The molecule has 0 aromatic carbocycles. The number of allylic oxidation sites excluding steroid dienone is 2. The third-order valence-corrected chi connectivity index (χ3v) is 1.68. The van der Waals surface area contributed by atoms with Gasteiger partial charge in [0.15, 0.2) is 0 Å². The first kappa shape index (κ1) is 6.56. The van der Waals surface area contributed by atoms with Crippen LogP contribution in [0.25, 0.3) is 0 Å². The highest BCUT2D eigenvalue weighted by atomic mass is 16.3. The molecule has 0 aromatic rings. The molecule has 0 bridgehead atoms. The molecule has 1 heteroatoms. The van der Waals surface area contributed by atoms with E-state index >= 15 is 0 Å². The van der Waals surface area contributed by atoms with E-state index in [4.69, 9.17) is 0 Å². The Balaban J connectivity index is 2.71. The van der Waals surface area contributed by atoms with E-state index in [2.05, 4.69) is 6.58 Å². The van der Waals surface area contributed by atoms with Crippen molar-refractivity contribution in [3.63, 3.8) is 0 Å². The zero-order chi connectivity index (χ0) is 6.91. The van der Waals surface area contributed by atoms with E-state index in [0.29, 0.717) is 0 Å². The average Bonchev–Trinajstić information content (AvgIpc) is 2.10. The van der Waals surface area contributed by atoms with Crippen molar-refractivity contribution in [1.82, 2.24) is 0 Å². The van der Waals surface area contributed by atoms with Crippen molar-refractivity contribution in [3.05, 3.63) is 24.3 Å². The minimum absolute atomic E-state index is 0.566. The maximum atomic E-state index is 9.37. The van der Waals surface area contributed by atoms with Gasteiger partial charge in [-0.05, 0) is 25.3 Å². The minimum Gasteiger partial charge on any atom is -0.386 e. The standard InChI is InChI=1S/C8H12O/c1-3-7-4-5-8(2,9)6-7/h3,6,9H,1,4-5H2,2H3. The highest BCUT2D eigenvalue weighted by Crippen LogP contribution is 2.27. The maximum Gasteiger partial charge on any atom is 0.0808 e. The first-order valence-corrected chi connectivity index (χ1v) is 3.20. The monoisotopic (exact) mass is 124 g/mol. The fourth-order valence-corrected chi connectivity index (χ4v) is 1.10. The highest BCUT2D eigenvalue weighted by Gasteiger charge is 2.22. The quantitative estimate of drug-likeness (QED) is 0.563. The van der Waals surface area contributed by atoms with Crippen LogP contribution in [-0.4, -0.2) is 10.7 Å². The zero-order valence-corrected chi connectivity index (χ0v) is 5.72. The summed E-state index contributed by atoms with van der Waals surface area (Å²) in [4.78, 5) is 0. The Morgan fingerprint density at radius 1 is 1.89 bits per heavy atom. The Bertz CT molecular complexity index is 154. The number of rotatable bonds is 1. The molecule has 0 spiro atoms. The summed E-state index contributed by atoms with van der Waals surface area (Å²) in [6, 6.07) is 0. The van der Waals surface area contributed by atoms with E-state index in [1.54, 1.807) is 0 Å². The molecule has 0 fully saturated rings. The summed E-state index contributed by atoms with van der Waals surface area (Å²) in [6.07, 6.45) is 5.49. The Hall–Kier alpha value is -0.560. The topological polar surface area (TPSA) is 20.2 Å². The predicted molar refractivity (Wildman–Crippen MR) is 38.1 cm³/mol. The van der Waals surface area contributed by atoms with Gasteiger partial charge >= 0.3 is 0 Å². The van der Waals surface area contributed by atoms with Crippen LogP contribution in [0.3, 0.4) is 0 Å². The van der Waals surface area contributed by atoms with E-state index < -0.39 is 5.60 Å². The molecule has 1 aliphatic rings. The molecular weight excluding hydrogens is 112 g/mol. The SMILES string of the molecule is C=CC1=CC(C)(O)CC1. The summed E-state index contributed by atoms with van der Waals surface area (Å²) in [5.41, 5.74) is 0.601. The van der Waals surface area contributed by atoms with Crippen molar-refractivity contribution in [2.45, 2.75) is 25.4 Å². The largest absolute Gasteiger partial charge is 0.386 e. The van der Waals surface area contributed by atoms with Gasteiger partial charge in [-0.3, -0.25) is 0 Å². The lowest BCUT2D eigenvalue weighted by atomic mass is 10.1. The lowest BCUT2D eigenvalue weighted by Crippen LogP contribution is -2.15. The van der Waals surface area contributed by atoms with Crippen LogP contribution in [0.4, 0.5) is 0 Å². The maximum absolute atomic E-state index is 9.37. The molecule has 1 aliphatic carbocycles. The van der Waals surface area contributed by atoms with Crippen molar-refractivity contribution in [1.29, 1.82) is 0 Å². The van der Waals surface area contributed by atoms with E-state index in [1.807, 2.05) is 19.1 Å². The van der Waals surface area contributed by atoms with Crippen LogP contribution >= 0.6 is 0 Å². The van der Waals surface area contributed by atoms with Gasteiger partial charge in [-0.1, -0.05) is 18.7 Å². The van der Waals surface area contributed by atoms with Crippen LogP contribution < -0.4 is 0 Å². The molecule has 50 valence electrons. The van der Waals surface area contributed by atoms with Gasteiger partial charge < -0.3 is 5.11 Å². The normalized spacial score (nSPS) is 34.2. The summed E-state index contributed by atoms with van der Waals surface area (Å²) >= 11 is 0. The molecule has 1 atom stereocenters. The molecule has 1 N–H and O–H groups in total. The highest BCUT2D eigenvalue weighted by molar-refractivity contribution is 5.25. The molecule has 9 heavy (non-hydrogen) atoms. The van der Waals surface area contributed by atoms with Crippen molar-refractivity contribution in [2.75, 3.05) is 0 Å². The molecule has 0 saturated heterocycles. The second-order valence-electron chi connectivity index (χ2n) is 2.78. The van der Waals surface area contributed by atoms with Gasteiger partial charge in [0.1, 0.15) is 0 Å². The molecule has 0 amide bonds. The van der Waals surface area contributed by atoms with Crippen molar-refractivity contribution in [2.24, 2.45) is 0 Å². The third kappa shape index (κ3) is 1.42. The zero-order valence-electron chi connectivity index (χ0n) is 5.72. The predicted octanol–water partition coefficient (Wildman–Crippen LogP) is 1.64. The molecule has 0 heterocycles. The number of aliphatic hydroxyl groups is 1. The molecule has 0 aromatic heterocycles. The van der Waals surface area contributed by atoms with Crippen molar-refractivity contribution in [3.8, 4) is 0 Å². The first-order chi connectivity index (χ1) is 4.14. The summed E-state index contributed by atoms with van der Waals surface area (Å²) in [6.45, 7) is 5.45. The summed E-state index contributed by atoms with van der Waals surface area (Å²) < 4.78 is 0. The van der Waals surface area contributed by atoms with Gasteiger partial charge in [-0.15, -0.1) is 0 Å². The Morgan fingerprint density at radius 3 is 2.78 bits per heavy atom. The van der Waals surface area contributed by atoms with Gasteiger partial charge in [0, 0.05) is 0 Å². The lowest BCUT2D eigenvalue weighted by Gasteiger charge is -2.10. The van der Waals surface area contributed by atoms with Gasteiger partial charge in [-0.2, -0.15) is 0 Å². The van der Waals surface area contributed by atoms with E-state index in [0.717, 1.165) is 12.8 Å². The van der Waals surface area contributed by atoms with E-state index in [-0.39, 0.29) is 0 Å². The Kier molecular flexibility index (Phi) is 1.45. The average molecular weight is 124 g/mol. The second kappa shape index (κ2) is 1.99. The van der Waals surface area contributed by atoms with Crippen LogP contribution in [0.1, 0.15) is 19.8 Å². The molecular formula is C8H12O. The van der Waals surface area contributed by atoms with Gasteiger partial charge in [0.25, 0.3) is 0 Å².